The van der Waals surface area contributed by atoms with Gasteiger partial charge in [-0.1, -0.05) is 19.9 Å². The Hall–Kier alpha value is -1.32. The van der Waals surface area contributed by atoms with E-state index in [0.29, 0.717) is 0 Å². The third-order valence-corrected chi connectivity index (χ3v) is 6.72. The largest absolute Gasteiger partial charge is 0.493 e. The summed E-state index contributed by atoms with van der Waals surface area (Å²) in [6, 6.07) is 6.09. The fourth-order valence-electron chi connectivity index (χ4n) is 2.55. The van der Waals surface area contributed by atoms with Gasteiger partial charge in [-0.2, -0.15) is 13.2 Å². The molecule has 2 rings (SSSR count). The smallest absolute Gasteiger partial charge is 0.394 e. The molecule has 1 fully saturated rings. The van der Waals surface area contributed by atoms with Crippen molar-refractivity contribution in [1.82, 2.24) is 0 Å². The molecule has 0 aromatic heterocycles. The lowest BCUT2D eigenvalue weighted by Gasteiger charge is -2.52. The summed E-state index contributed by atoms with van der Waals surface area (Å²) in [5.41, 5.74) is 2.22. The minimum Gasteiger partial charge on any atom is -0.493 e. The average molecular weight is 380 g/mol. The summed E-state index contributed by atoms with van der Waals surface area (Å²) >= 11 is 0. The number of rotatable bonds is 7. The van der Waals surface area contributed by atoms with E-state index >= 15 is 0 Å². The monoisotopic (exact) mass is 380 g/mol. The molecular weight excluding hydrogens is 357 g/mol. The van der Waals surface area contributed by atoms with Crippen LogP contribution < -0.4 is 10.5 Å². The molecule has 0 aliphatic carbocycles. The van der Waals surface area contributed by atoms with Crippen molar-refractivity contribution in [3.05, 3.63) is 24.3 Å². The van der Waals surface area contributed by atoms with Crippen molar-refractivity contribution in [2.24, 2.45) is 16.6 Å². The SMILES string of the molecule is CC(C)(C(F)(F)F)C1(COc2cccc(S(=N)(=O)CCN)c2)COC1. The van der Waals surface area contributed by atoms with Crippen LogP contribution in [0.1, 0.15) is 13.8 Å². The summed E-state index contributed by atoms with van der Waals surface area (Å²) in [5, 5.41) is 0. The third kappa shape index (κ3) is 3.78. The predicted molar refractivity (Wildman–Crippen MR) is 88.1 cm³/mol. The van der Waals surface area contributed by atoms with Crippen molar-refractivity contribution in [3.8, 4) is 5.75 Å². The molecule has 0 spiro atoms. The zero-order chi connectivity index (χ0) is 18.9. The van der Waals surface area contributed by atoms with Gasteiger partial charge in [-0.3, -0.25) is 0 Å². The zero-order valence-electron chi connectivity index (χ0n) is 14.2. The molecule has 1 atom stereocenters. The maximum Gasteiger partial charge on any atom is 0.394 e. The number of nitrogens with one attached hydrogen (secondary N) is 1. The van der Waals surface area contributed by atoms with Gasteiger partial charge in [0.25, 0.3) is 0 Å². The van der Waals surface area contributed by atoms with E-state index in [9.17, 15) is 17.4 Å². The van der Waals surface area contributed by atoms with Crippen LogP contribution >= 0.6 is 0 Å². The summed E-state index contributed by atoms with van der Waals surface area (Å²) < 4.78 is 71.0. The molecule has 5 nitrogen and oxygen atoms in total. The van der Waals surface area contributed by atoms with Gasteiger partial charge in [0.2, 0.25) is 0 Å². The molecule has 1 heterocycles. The Bertz CT molecular complexity index is 714. The van der Waals surface area contributed by atoms with E-state index in [1.54, 1.807) is 12.1 Å². The summed E-state index contributed by atoms with van der Waals surface area (Å²) in [7, 11) is -3.04. The number of hydrogen-bond acceptors (Lipinski definition) is 5. The summed E-state index contributed by atoms with van der Waals surface area (Å²) in [6.07, 6.45) is -4.39. The fraction of sp³-hybridized carbons (Fsp3) is 0.625. The Morgan fingerprint density at radius 1 is 1.36 bits per heavy atom. The van der Waals surface area contributed by atoms with Crippen molar-refractivity contribution in [2.75, 3.05) is 32.1 Å². The molecule has 25 heavy (non-hydrogen) atoms. The number of nitrogens with two attached hydrogens (primary N) is 1. The topological polar surface area (TPSA) is 85.4 Å². The molecule has 0 amide bonds. The highest BCUT2D eigenvalue weighted by molar-refractivity contribution is 7.92. The number of ether oxygens (including phenoxy) is 2. The molecule has 0 radical (unpaired) electrons. The highest BCUT2D eigenvalue weighted by Crippen LogP contribution is 2.54. The highest BCUT2D eigenvalue weighted by Gasteiger charge is 2.64. The third-order valence-electron chi connectivity index (χ3n) is 4.90. The summed E-state index contributed by atoms with van der Waals surface area (Å²) in [5.74, 6) is 0.286. The fourth-order valence-corrected chi connectivity index (χ4v) is 3.72. The second-order valence-corrected chi connectivity index (χ2v) is 9.06. The second-order valence-electron chi connectivity index (χ2n) is 6.83. The predicted octanol–water partition coefficient (Wildman–Crippen LogP) is 3.03. The highest BCUT2D eigenvalue weighted by atomic mass is 32.2. The molecule has 1 aromatic rings. The minimum absolute atomic E-state index is 0.00926. The second kappa shape index (κ2) is 6.77. The van der Waals surface area contributed by atoms with Crippen LogP contribution in [-0.4, -0.2) is 42.5 Å². The van der Waals surface area contributed by atoms with Gasteiger partial charge >= 0.3 is 6.18 Å². The summed E-state index contributed by atoms with van der Waals surface area (Å²) in [4.78, 5) is 0.254. The first-order valence-electron chi connectivity index (χ1n) is 7.79. The van der Waals surface area contributed by atoms with Gasteiger partial charge in [-0.05, 0) is 18.2 Å². The van der Waals surface area contributed by atoms with E-state index in [1.165, 1.54) is 12.1 Å². The molecule has 1 unspecified atom stereocenters. The number of benzene rings is 1. The standard InChI is InChI=1S/C16H23F3N2O3S/c1-14(2,16(17,18)19)15(9-23-10-15)11-24-12-4-3-5-13(8-12)25(21,22)7-6-20/h3-5,8,21H,6-7,9-11,20H2,1-2H3. The van der Waals surface area contributed by atoms with Crippen LogP contribution in [0.25, 0.3) is 0 Å². The lowest BCUT2D eigenvalue weighted by Crippen LogP contribution is -2.61. The van der Waals surface area contributed by atoms with Gasteiger partial charge < -0.3 is 15.2 Å². The molecule has 0 saturated carbocycles. The Kier molecular flexibility index (Phi) is 5.42. The maximum absolute atomic E-state index is 13.4. The van der Waals surface area contributed by atoms with Crippen LogP contribution in [0, 0.1) is 15.6 Å². The van der Waals surface area contributed by atoms with E-state index in [2.05, 4.69) is 0 Å². The van der Waals surface area contributed by atoms with E-state index in [-0.39, 0.29) is 42.8 Å². The van der Waals surface area contributed by atoms with Crippen LogP contribution in [0.4, 0.5) is 13.2 Å². The van der Waals surface area contributed by atoms with Gasteiger partial charge in [0.1, 0.15) is 5.75 Å². The van der Waals surface area contributed by atoms with Crippen LogP contribution in [0.5, 0.6) is 5.75 Å². The first-order valence-corrected chi connectivity index (χ1v) is 9.52. The molecule has 0 bridgehead atoms. The van der Waals surface area contributed by atoms with E-state index in [4.69, 9.17) is 20.0 Å². The molecule has 1 saturated heterocycles. The lowest BCUT2D eigenvalue weighted by molar-refractivity contribution is -0.306. The van der Waals surface area contributed by atoms with Gasteiger partial charge in [-0.15, -0.1) is 0 Å². The van der Waals surface area contributed by atoms with Crippen molar-refractivity contribution < 1.29 is 26.9 Å². The van der Waals surface area contributed by atoms with Crippen LogP contribution in [0.2, 0.25) is 0 Å². The molecule has 9 heteroatoms. The quantitative estimate of drug-likeness (QED) is 0.761. The number of alkyl halides is 3. The molecule has 142 valence electrons. The average Bonchev–Trinajstić information content (AvgIpc) is 2.45. The van der Waals surface area contributed by atoms with Gasteiger partial charge in [0.15, 0.2) is 0 Å². The van der Waals surface area contributed by atoms with Crippen molar-refractivity contribution >= 4 is 9.73 Å². The van der Waals surface area contributed by atoms with Crippen molar-refractivity contribution in [1.29, 1.82) is 4.78 Å². The number of halogens is 3. The number of hydrogen-bond donors (Lipinski definition) is 2. The normalized spacial score (nSPS) is 19.8. The van der Waals surface area contributed by atoms with Crippen molar-refractivity contribution in [3.63, 3.8) is 0 Å². The Morgan fingerprint density at radius 2 is 2.00 bits per heavy atom. The van der Waals surface area contributed by atoms with Crippen LogP contribution in [0.3, 0.4) is 0 Å². The molecule has 1 aromatic carbocycles. The maximum atomic E-state index is 13.4. The van der Waals surface area contributed by atoms with E-state index < -0.39 is 26.7 Å². The Morgan fingerprint density at radius 3 is 2.48 bits per heavy atom. The molecular formula is C16H23F3N2O3S. The Labute approximate surface area is 145 Å². The molecule has 3 N–H and O–H groups in total. The van der Waals surface area contributed by atoms with Crippen LogP contribution in [0.15, 0.2) is 29.2 Å². The van der Waals surface area contributed by atoms with Gasteiger partial charge in [-0.25, -0.2) is 8.99 Å². The first kappa shape index (κ1) is 20.0. The Balaban J connectivity index is 2.18. The molecule has 1 aliphatic heterocycles. The van der Waals surface area contributed by atoms with Crippen molar-refractivity contribution in [2.45, 2.75) is 24.9 Å². The lowest BCUT2D eigenvalue weighted by atomic mass is 9.64. The van der Waals surface area contributed by atoms with Gasteiger partial charge in [0.05, 0.1) is 45.3 Å². The van der Waals surface area contributed by atoms with E-state index in [0.717, 1.165) is 13.8 Å². The first-order chi connectivity index (χ1) is 11.5. The van der Waals surface area contributed by atoms with E-state index in [1.807, 2.05) is 0 Å². The minimum atomic E-state index is -4.39. The zero-order valence-corrected chi connectivity index (χ0v) is 15.0. The molecule has 1 aliphatic rings. The van der Waals surface area contributed by atoms with Gasteiger partial charge in [0, 0.05) is 12.3 Å². The van der Waals surface area contributed by atoms with Crippen LogP contribution in [-0.2, 0) is 14.5 Å². The summed E-state index contributed by atoms with van der Waals surface area (Å²) in [6.45, 7) is 2.14.